The summed E-state index contributed by atoms with van der Waals surface area (Å²) in [4.78, 5) is 50.8. The van der Waals surface area contributed by atoms with Crippen molar-refractivity contribution in [3.8, 4) is 0 Å². The van der Waals surface area contributed by atoms with Crippen LogP contribution < -0.4 is 10.6 Å². The van der Waals surface area contributed by atoms with Gasteiger partial charge < -0.3 is 20.5 Å². The normalized spacial score (nSPS) is 11.4. The molecule has 0 bridgehead atoms. The van der Waals surface area contributed by atoms with E-state index in [-0.39, 0.29) is 22.6 Å². The van der Waals surface area contributed by atoms with Gasteiger partial charge in [-0.2, -0.15) is 0 Å². The van der Waals surface area contributed by atoms with Crippen LogP contribution in [0.2, 0.25) is 0 Å². The second kappa shape index (κ2) is 12.3. The SMILES string of the molecule is CCC(Sc1cccc(NC(=O)c2cccc3cccc(C(=O)O)c23)c1)C(=O)Nc1ccccc1C(=O)OC. The fourth-order valence-corrected chi connectivity index (χ4v) is 5.15. The zero-order valence-electron chi connectivity index (χ0n) is 21.3. The molecule has 0 aromatic heterocycles. The summed E-state index contributed by atoms with van der Waals surface area (Å²) in [6, 6.07) is 23.6. The smallest absolute Gasteiger partial charge is 0.339 e. The highest BCUT2D eigenvalue weighted by Crippen LogP contribution is 2.30. The van der Waals surface area contributed by atoms with Crippen molar-refractivity contribution in [3.63, 3.8) is 0 Å². The summed E-state index contributed by atoms with van der Waals surface area (Å²) in [7, 11) is 1.28. The zero-order valence-corrected chi connectivity index (χ0v) is 22.1. The van der Waals surface area contributed by atoms with Crippen LogP contribution in [0.4, 0.5) is 11.4 Å². The first-order valence-corrected chi connectivity index (χ1v) is 13.0. The Kier molecular flexibility index (Phi) is 8.63. The van der Waals surface area contributed by atoms with Crippen molar-refractivity contribution in [1.29, 1.82) is 0 Å². The van der Waals surface area contributed by atoms with Gasteiger partial charge in [0, 0.05) is 21.5 Å². The van der Waals surface area contributed by atoms with Gasteiger partial charge in [-0.1, -0.05) is 49.4 Å². The third-order valence-corrected chi connectivity index (χ3v) is 7.36. The van der Waals surface area contributed by atoms with E-state index in [4.69, 9.17) is 4.74 Å². The molecule has 4 rings (SSSR count). The number of carboxylic acid groups (broad SMARTS) is 1. The Morgan fingerprint density at radius 3 is 2.21 bits per heavy atom. The number of para-hydroxylation sites is 1. The molecule has 1 atom stereocenters. The van der Waals surface area contributed by atoms with Crippen LogP contribution >= 0.6 is 11.8 Å². The number of methoxy groups -OCH3 is 1. The largest absolute Gasteiger partial charge is 0.478 e. The molecule has 0 heterocycles. The summed E-state index contributed by atoms with van der Waals surface area (Å²) in [5.41, 5.74) is 1.43. The number of hydrogen-bond donors (Lipinski definition) is 3. The Hall–Kier alpha value is -4.63. The van der Waals surface area contributed by atoms with Crippen LogP contribution in [0.3, 0.4) is 0 Å². The average molecular weight is 543 g/mol. The lowest BCUT2D eigenvalue weighted by Gasteiger charge is -2.17. The average Bonchev–Trinajstić information content (AvgIpc) is 2.95. The highest BCUT2D eigenvalue weighted by Gasteiger charge is 2.21. The van der Waals surface area contributed by atoms with E-state index >= 15 is 0 Å². The van der Waals surface area contributed by atoms with Gasteiger partial charge in [-0.25, -0.2) is 9.59 Å². The molecule has 1 unspecified atom stereocenters. The van der Waals surface area contributed by atoms with Crippen LogP contribution in [0.15, 0.2) is 89.8 Å². The van der Waals surface area contributed by atoms with Gasteiger partial charge in [-0.3, -0.25) is 9.59 Å². The molecule has 8 nitrogen and oxygen atoms in total. The summed E-state index contributed by atoms with van der Waals surface area (Å²) >= 11 is 1.32. The van der Waals surface area contributed by atoms with Crippen molar-refractivity contribution >= 4 is 57.7 Å². The molecule has 0 spiro atoms. The number of benzene rings is 4. The molecule has 0 aliphatic carbocycles. The Bertz CT molecular complexity index is 1560. The first kappa shape index (κ1) is 27.4. The quantitative estimate of drug-likeness (QED) is 0.173. The number of carbonyl (C=O) groups excluding carboxylic acids is 3. The number of ether oxygens (including phenoxy) is 1. The first-order chi connectivity index (χ1) is 18.8. The van der Waals surface area contributed by atoms with E-state index in [0.717, 1.165) is 4.90 Å². The second-order valence-corrected chi connectivity index (χ2v) is 9.81. The predicted molar refractivity (Wildman–Crippen MR) is 152 cm³/mol. The van der Waals surface area contributed by atoms with Crippen LogP contribution in [0.25, 0.3) is 10.8 Å². The molecular weight excluding hydrogens is 516 g/mol. The maximum atomic E-state index is 13.2. The van der Waals surface area contributed by atoms with E-state index in [9.17, 15) is 24.3 Å². The lowest BCUT2D eigenvalue weighted by molar-refractivity contribution is -0.115. The third kappa shape index (κ3) is 6.27. The molecule has 198 valence electrons. The van der Waals surface area contributed by atoms with Gasteiger partial charge >= 0.3 is 11.9 Å². The van der Waals surface area contributed by atoms with E-state index < -0.39 is 23.1 Å². The highest BCUT2D eigenvalue weighted by molar-refractivity contribution is 8.00. The minimum absolute atomic E-state index is 0.0492. The first-order valence-electron chi connectivity index (χ1n) is 12.1. The minimum atomic E-state index is -1.11. The molecule has 0 aliphatic rings. The van der Waals surface area contributed by atoms with E-state index in [1.807, 2.05) is 13.0 Å². The Labute approximate surface area is 229 Å². The number of hydrogen-bond acceptors (Lipinski definition) is 6. The zero-order chi connectivity index (χ0) is 27.9. The summed E-state index contributed by atoms with van der Waals surface area (Å²) < 4.78 is 4.80. The fourth-order valence-electron chi connectivity index (χ4n) is 4.13. The molecule has 9 heteroatoms. The van der Waals surface area contributed by atoms with Crippen molar-refractivity contribution in [2.75, 3.05) is 17.7 Å². The molecule has 0 aliphatic heterocycles. The summed E-state index contributed by atoms with van der Waals surface area (Å²) in [6.07, 6.45) is 0.515. The van der Waals surface area contributed by atoms with E-state index in [2.05, 4.69) is 10.6 Å². The molecule has 0 saturated heterocycles. The monoisotopic (exact) mass is 542 g/mol. The molecule has 3 N–H and O–H groups in total. The molecule has 0 fully saturated rings. The van der Waals surface area contributed by atoms with Gasteiger partial charge in [0.1, 0.15) is 0 Å². The molecule has 0 saturated carbocycles. The van der Waals surface area contributed by atoms with Crippen LogP contribution in [0.1, 0.15) is 44.4 Å². The minimum Gasteiger partial charge on any atom is -0.478 e. The van der Waals surface area contributed by atoms with Crippen LogP contribution in [0.5, 0.6) is 0 Å². The van der Waals surface area contributed by atoms with Gasteiger partial charge in [0.25, 0.3) is 5.91 Å². The van der Waals surface area contributed by atoms with Gasteiger partial charge in [0.05, 0.1) is 29.2 Å². The van der Waals surface area contributed by atoms with Gasteiger partial charge in [0.15, 0.2) is 0 Å². The number of amides is 2. The number of anilines is 2. The molecule has 4 aromatic rings. The van der Waals surface area contributed by atoms with Crippen LogP contribution in [0, 0.1) is 0 Å². The van der Waals surface area contributed by atoms with Crippen LogP contribution in [-0.2, 0) is 9.53 Å². The summed E-state index contributed by atoms with van der Waals surface area (Å²) in [6.45, 7) is 1.88. The van der Waals surface area contributed by atoms with Crippen molar-refractivity contribution in [1.82, 2.24) is 0 Å². The fraction of sp³-hybridized carbons (Fsp3) is 0.133. The number of nitrogens with one attached hydrogen (secondary N) is 2. The molecule has 0 radical (unpaired) electrons. The maximum absolute atomic E-state index is 13.2. The standard InChI is InChI=1S/C30H26N2O6S/c1-3-25(28(34)32-24-16-5-4-13-21(24)30(37)38-2)39-20-12-8-11-19(17-20)31-27(33)22-14-6-9-18-10-7-15-23(26(18)22)29(35)36/h4-17,25H,3H2,1-2H3,(H,31,33)(H,32,34)(H,35,36). The van der Waals surface area contributed by atoms with E-state index in [1.165, 1.54) is 24.9 Å². The van der Waals surface area contributed by atoms with E-state index in [1.54, 1.807) is 72.8 Å². The van der Waals surface area contributed by atoms with Crippen molar-refractivity contribution in [2.24, 2.45) is 0 Å². The second-order valence-electron chi connectivity index (χ2n) is 8.54. The van der Waals surface area contributed by atoms with Crippen molar-refractivity contribution in [2.45, 2.75) is 23.5 Å². The Balaban J connectivity index is 1.52. The summed E-state index contributed by atoms with van der Waals surface area (Å²) in [5.74, 6) is -2.38. The topological polar surface area (TPSA) is 122 Å². The molecule has 2 amide bonds. The van der Waals surface area contributed by atoms with Gasteiger partial charge in [-0.05, 0) is 54.3 Å². The van der Waals surface area contributed by atoms with Crippen molar-refractivity contribution < 1.29 is 29.0 Å². The molecule has 4 aromatic carbocycles. The maximum Gasteiger partial charge on any atom is 0.339 e. The lowest BCUT2D eigenvalue weighted by Crippen LogP contribution is -2.25. The number of rotatable bonds is 9. The Morgan fingerprint density at radius 2 is 1.51 bits per heavy atom. The number of aromatic carboxylic acids is 1. The number of carbonyl (C=O) groups is 4. The highest BCUT2D eigenvalue weighted by atomic mass is 32.2. The van der Waals surface area contributed by atoms with Gasteiger partial charge in [0.2, 0.25) is 5.91 Å². The van der Waals surface area contributed by atoms with E-state index in [0.29, 0.717) is 28.6 Å². The summed E-state index contributed by atoms with van der Waals surface area (Å²) in [5, 5.41) is 15.8. The third-order valence-electron chi connectivity index (χ3n) is 6.00. The number of esters is 1. The van der Waals surface area contributed by atoms with Crippen molar-refractivity contribution in [3.05, 3.63) is 102 Å². The number of thioether (sulfide) groups is 1. The van der Waals surface area contributed by atoms with Crippen LogP contribution in [-0.4, -0.2) is 41.2 Å². The lowest BCUT2D eigenvalue weighted by atomic mass is 9.98. The Morgan fingerprint density at radius 1 is 0.846 bits per heavy atom. The van der Waals surface area contributed by atoms with Gasteiger partial charge in [-0.15, -0.1) is 11.8 Å². The number of carboxylic acids is 1. The molecular formula is C30H26N2O6S. The number of fused-ring (bicyclic) bond motifs is 1. The predicted octanol–water partition coefficient (Wildman–Crippen LogP) is 6.09. The molecule has 39 heavy (non-hydrogen) atoms.